The van der Waals surface area contributed by atoms with Crippen molar-refractivity contribution in [1.82, 2.24) is 0 Å². The molecule has 0 radical (unpaired) electrons. The van der Waals surface area contributed by atoms with Crippen molar-refractivity contribution >= 4 is 27.0 Å². The molecular formula is C20H19NO6S. The highest BCUT2D eigenvalue weighted by molar-refractivity contribution is 7.89. The molecule has 28 heavy (non-hydrogen) atoms. The van der Waals surface area contributed by atoms with Gasteiger partial charge in [0.1, 0.15) is 11.3 Å². The quantitative estimate of drug-likeness (QED) is 0.657. The van der Waals surface area contributed by atoms with Crippen molar-refractivity contribution < 1.29 is 22.4 Å². The van der Waals surface area contributed by atoms with E-state index in [4.69, 9.17) is 9.56 Å². The third-order valence-corrected chi connectivity index (χ3v) is 5.27. The zero-order chi connectivity index (χ0) is 20.5. The fraction of sp³-hybridized carbons (Fsp3) is 0.200. The van der Waals surface area contributed by atoms with Crippen molar-refractivity contribution in [1.29, 1.82) is 0 Å². The molecule has 0 amide bonds. The van der Waals surface area contributed by atoms with E-state index in [0.717, 1.165) is 6.42 Å². The van der Waals surface area contributed by atoms with E-state index in [1.807, 2.05) is 6.92 Å². The third-order valence-electron chi connectivity index (χ3n) is 4.35. The summed E-state index contributed by atoms with van der Waals surface area (Å²) >= 11 is 0. The van der Waals surface area contributed by atoms with Crippen LogP contribution in [0.2, 0.25) is 0 Å². The second kappa shape index (κ2) is 7.57. The van der Waals surface area contributed by atoms with Gasteiger partial charge in [-0.25, -0.2) is 18.4 Å². The van der Waals surface area contributed by atoms with Crippen LogP contribution < -0.4 is 10.6 Å². The smallest absolute Gasteiger partial charge is 0.337 e. The van der Waals surface area contributed by atoms with Gasteiger partial charge in [0, 0.05) is 17.2 Å². The first-order valence-corrected chi connectivity index (χ1v) is 10.1. The zero-order valence-corrected chi connectivity index (χ0v) is 16.2. The lowest BCUT2D eigenvalue weighted by molar-refractivity contribution is 0.0600. The number of fused-ring (bicyclic) bond motifs is 1. The second-order valence-corrected chi connectivity index (χ2v) is 7.82. The minimum absolute atomic E-state index is 0.128. The number of benzene rings is 2. The molecule has 0 unspecified atom stereocenters. The number of nitrogens with two attached hydrogens (primary N) is 1. The molecule has 1 heterocycles. The molecule has 0 atom stereocenters. The molecule has 0 fully saturated rings. The van der Waals surface area contributed by atoms with Crippen LogP contribution in [0.4, 0.5) is 0 Å². The molecule has 0 spiro atoms. The number of hydrogen-bond donors (Lipinski definition) is 1. The van der Waals surface area contributed by atoms with E-state index < -0.39 is 16.0 Å². The minimum Gasteiger partial charge on any atom is -0.465 e. The molecule has 2 N–H and O–H groups in total. The van der Waals surface area contributed by atoms with Crippen molar-refractivity contribution in [2.24, 2.45) is 5.14 Å². The number of ether oxygens (including phenoxy) is 1. The molecule has 0 bridgehead atoms. The number of hydrogen-bond acceptors (Lipinski definition) is 6. The summed E-state index contributed by atoms with van der Waals surface area (Å²) in [6.07, 6.45) is 1.21. The SMILES string of the molecule is CCCc1c(-c2ccc(C(=O)OC)cc2)oc2cc(S(N)(=O)=O)ccc2c1=O. The van der Waals surface area contributed by atoms with Crippen LogP contribution in [0.15, 0.2) is 56.6 Å². The number of esters is 1. The monoisotopic (exact) mass is 401 g/mol. The maximum absolute atomic E-state index is 13.0. The van der Waals surface area contributed by atoms with Gasteiger partial charge in [0.15, 0.2) is 5.43 Å². The highest BCUT2D eigenvalue weighted by Crippen LogP contribution is 2.28. The molecule has 0 saturated heterocycles. The van der Waals surface area contributed by atoms with Gasteiger partial charge in [-0.1, -0.05) is 25.5 Å². The summed E-state index contributed by atoms with van der Waals surface area (Å²) in [4.78, 5) is 24.5. The summed E-state index contributed by atoms with van der Waals surface area (Å²) in [5.41, 5.74) is 1.35. The largest absolute Gasteiger partial charge is 0.465 e. The lowest BCUT2D eigenvalue weighted by Crippen LogP contribution is -2.14. The Morgan fingerprint density at radius 1 is 1.14 bits per heavy atom. The molecule has 0 aliphatic carbocycles. The van der Waals surface area contributed by atoms with Crippen molar-refractivity contribution in [3.8, 4) is 11.3 Å². The molecule has 1 aromatic heterocycles. The maximum Gasteiger partial charge on any atom is 0.337 e. The Kier molecular flexibility index (Phi) is 5.35. The summed E-state index contributed by atoms with van der Waals surface area (Å²) < 4.78 is 33.9. The topological polar surface area (TPSA) is 117 Å². The molecule has 2 aromatic carbocycles. The Hall–Kier alpha value is -2.97. The van der Waals surface area contributed by atoms with E-state index >= 15 is 0 Å². The summed E-state index contributed by atoms with van der Waals surface area (Å²) in [5.74, 6) is -0.138. The van der Waals surface area contributed by atoms with Crippen molar-refractivity contribution in [2.45, 2.75) is 24.7 Å². The lowest BCUT2D eigenvalue weighted by Gasteiger charge is -2.11. The molecule has 3 aromatic rings. The van der Waals surface area contributed by atoms with Gasteiger partial charge in [-0.2, -0.15) is 0 Å². The first-order chi connectivity index (χ1) is 13.3. The highest BCUT2D eigenvalue weighted by Gasteiger charge is 2.18. The number of carbonyl (C=O) groups excluding carboxylic acids is 1. The van der Waals surface area contributed by atoms with E-state index in [9.17, 15) is 18.0 Å². The molecule has 0 aliphatic rings. The van der Waals surface area contributed by atoms with Crippen molar-refractivity contribution in [3.05, 3.63) is 63.8 Å². The van der Waals surface area contributed by atoms with Gasteiger partial charge >= 0.3 is 5.97 Å². The first kappa shape index (κ1) is 19.8. The summed E-state index contributed by atoms with van der Waals surface area (Å²) in [6.45, 7) is 1.94. The normalized spacial score (nSPS) is 11.5. The molecule has 146 valence electrons. The predicted molar refractivity (Wildman–Crippen MR) is 105 cm³/mol. The zero-order valence-electron chi connectivity index (χ0n) is 15.4. The maximum atomic E-state index is 13.0. The van der Waals surface area contributed by atoms with Gasteiger partial charge in [0.2, 0.25) is 10.0 Å². The van der Waals surface area contributed by atoms with Crippen molar-refractivity contribution in [2.75, 3.05) is 7.11 Å². The second-order valence-electron chi connectivity index (χ2n) is 6.26. The van der Waals surface area contributed by atoms with E-state index in [0.29, 0.717) is 28.9 Å². The molecule has 7 nitrogen and oxygen atoms in total. The number of rotatable bonds is 5. The van der Waals surface area contributed by atoms with Crippen LogP contribution in [0.5, 0.6) is 0 Å². The van der Waals surface area contributed by atoms with Gasteiger partial charge in [-0.15, -0.1) is 0 Å². The van der Waals surface area contributed by atoms with Crippen LogP contribution in [-0.4, -0.2) is 21.5 Å². The third kappa shape index (κ3) is 3.69. The summed E-state index contributed by atoms with van der Waals surface area (Å²) in [7, 11) is -2.64. The molecule has 8 heteroatoms. The highest BCUT2D eigenvalue weighted by atomic mass is 32.2. The van der Waals surface area contributed by atoms with E-state index in [-0.39, 0.29) is 21.3 Å². The van der Waals surface area contributed by atoms with Gasteiger partial charge in [-0.05, 0) is 30.7 Å². The Bertz CT molecular complexity index is 1210. The van der Waals surface area contributed by atoms with E-state index in [2.05, 4.69) is 4.74 Å². The summed E-state index contributed by atoms with van der Waals surface area (Å²) in [6, 6.07) is 10.4. The Morgan fingerprint density at radius 3 is 2.39 bits per heavy atom. The molecular weight excluding hydrogens is 382 g/mol. The van der Waals surface area contributed by atoms with Crippen LogP contribution in [0.1, 0.15) is 29.3 Å². The average Bonchev–Trinajstić information content (AvgIpc) is 2.68. The molecule has 0 saturated carbocycles. The van der Waals surface area contributed by atoms with E-state index in [1.165, 1.54) is 25.3 Å². The predicted octanol–water partition coefficient (Wildman–Crippen LogP) is 2.85. The van der Waals surface area contributed by atoms with Crippen LogP contribution >= 0.6 is 0 Å². The Labute approximate surface area is 161 Å². The standard InChI is InChI=1S/C20H19NO6S/c1-3-4-16-18(22)15-10-9-14(28(21,24)25)11-17(15)27-19(16)12-5-7-13(8-6-12)20(23)26-2/h5-11H,3-4H2,1-2H3,(H2,21,24,25). The van der Waals surface area contributed by atoms with Crippen LogP contribution in [0.3, 0.4) is 0 Å². The fourth-order valence-corrected chi connectivity index (χ4v) is 3.50. The number of carbonyl (C=O) groups is 1. The molecule has 3 rings (SSSR count). The van der Waals surface area contributed by atoms with Crippen LogP contribution in [-0.2, 0) is 21.2 Å². The number of sulfonamides is 1. The minimum atomic E-state index is -3.94. The van der Waals surface area contributed by atoms with Gasteiger partial charge in [-0.3, -0.25) is 4.79 Å². The van der Waals surface area contributed by atoms with Gasteiger partial charge in [0.05, 0.1) is 23.0 Å². The Morgan fingerprint density at radius 2 is 1.82 bits per heavy atom. The van der Waals surface area contributed by atoms with Crippen LogP contribution in [0.25, 0.3) is 22.3 Å². The fourth-order valence-electron chi connectivity index (χ4n) is 2.97. The first-order valence-electron chi connectivity index (χ1n) is 8.57. The summed E-state index contributed by atoms with van der Waals surface area (Å²) in [5, 5.41) is 5.46. The number of methoxy groups -OCH3 is 1. The van der Waals surface area contributed by atoms with Gasteiger partial charge < -0.3 is 9.15 Å². The van der Waals surface area contributed by atoms with Crippen LogP contribution in [0, 0.1) is 0 Å². The van der Waals surface area contributed by atoms with Crippen molar-refractivity contribution in [3.63, 3.8) is 0 Å². The van der Waals surface area contributed by atoms with E-state index in [1.54, 1.807) is 24.3 Å². The molecule has 0 aliphatic heterocycles. The number of primary sulfonamides is 1. The van der Waals surface area contributed by atoms with Gasteiger partial charge in [0.25, 0.3) is 0 Å². The Balaban J connectivity index is 2.25. The average molecular weight is 401 g/mol. The lowest BCUT2D eigenvalue weighted by atomic mass is 10.0.